The molecule has 162 valence electrons. The van der Waals surface area contributed by atoms with Crippen molar-refractivity contribution in [3.05, 3.63) is 36.0 Å². The van der Waals surface area contributed by atoms with Gasteiger partial charge >= 0.3 is 11.9 Å². The maximum absolute atomic E-state index is 12.4. The zero-order valence-electron chi connectivity index (χ0n) is 16.3. The number of carbonyl (C=O) groups is 4. The first-order valence-electron chi connectivity index (χ1n) is 9.43. The average molecular weight is 436 g/mol. The molecule has 6 N–H and O–H groups in total. The Bertz CT molecular complexity index is 913. The lowest BCUT2D eigenvalue weighted by atomic mass is 10.1. The molecule has 1 aromatic heterocycles. The molecule has 0 aliphatic heterocycles. The number of amides is 1. The van der Waals surface area contributed by atoms with Crippen LogP contribution in [0.4, 0.5) is 0 Å². The fourth-order valence-electron chi connectivity index (χ4n) is 2.83. The summed E-state index contributed by atoms with van der Waals surface area (Å²) in [5.74, 6) is -2.28. The Morgan fingerprint density at radius 2 is 1.83 bits per heavy atom. The van der Waals surface area contributed by atoms with Crippen molar-refractivity contribution in [3.8, 4) is 0 Å². The van der Waals surface area contributed by atoms with Crippen molar-refractivity contribution in [2.45, 2.75) is 43.5 Å². The zero-order chi connectivity index (χ0) is 22.1. The van der Waals surface area contributed by atoms with E-state index in [1.54, 1.807) is 0 Å². The largest absolute Gasteiger partial charge is 0.481 e. The summed E-state index contributed by atoms with van der Waals surface area (Å²) in [7, 11) is 0. The molecule has 1 aromatic carbocycles. The molecular weight excluding hydrogens is 410 g/mol. The number of aromatic nitrogens is 1. The number of rotatable bonds is 13. The van der Waals surface area contributed by atoms with E-state index in [0.717, 1.165) is 16.5 Å². The summed E-state index contributed by atoms with van der Waals surface area (Å²) in [4.78, 5) is 49.3. The first kappa shape index (κ1) is 23.4. The third kappa shape index (κ3) is 7.20. The van der Waals surface area contributed by atoms with E-state index < -0.39 is 29.9 Å². The molecule has 0 bridgehead atoms. The van der Waals surface area contributed by atoms with Gasteiger partial charge in [-0.3, -0.25) is 19.2 Å². The van der Waals surface area contributed by atoms with Crippen LogP contribution in [-0.4, -0.2) is 56.7 Å². The molecule has 0 radical (unpaired) electrons. The van der Waals surface area contributed by atoms with Crippen LogP contribution < -0.4 is 11.1 Å². The first-order chi connectivity index (χ1) is 14.3. The predicted octanol–water partition coefficient (Wildman–Crippen LogP) is 1.51. The fourth-order valence-corrected chi connectivity index (χ4v) is 3.92. The zero-order valence-corrected chi connectivity index (χ0v) is 17.1. The van der Waals surface area contributed by atoms with E-state index in [-0.39, 0.29) is 37.2 Å². The highest BCUT2D eigenvalue weighted by Crippen LogP contribution is 2.23. The average Bonchev–Trinajstić information content (AvgIpc) is 3.12. The van der Waals surface area contributed by atoms with E-state index in [2.05, 4.69) is 10.3 Å². The highest BCUT2D eigenvalue weighted by atomic mass is 32.2. The summed E-state index contributed by atoms with van der Waals surface area (Å²) in [5.41, 5.74) is 7.46. The first-order valence-corrected chi connectivity index (χ1v) is 10.6. The van der Waals surface area contributed by atoms with Gasteiger partial charge in [-0.1, -0.05) is 18.2 Å². The van der Waals surface area contributed by atoms with Crippen molar-refractivity contribution < 1.29 is 29.4 Å². The topological polar surface area (TPSA) is 163 Å². The number of ketones is 1. The molecule has 0 aliphatic rings. The monoisotopic (exact) mass is 435 g/mol. The van der Waals surface area contributed by atoms with Gasteiger partial charge in [0.1, 0.15) is 6.04 Å². The van der Waals surface area contributed by atoms with Crippen molar-refractivity contribution in [2.24, 2.45) is 5.73 Å². The van der Waals surface area contributed by atoms with Crippen molar-refractivity contribution in [2.75, 3.05) is 5.75 Å². The van der Waals surface area contributed by atoms with Crippen LogP contribution in [0.2, 0.25) is 0 Å². The van der Waals surface area contributed by atoms with Gasteiger partial charge in [0.2, 0.25) is 5.91 Å². The number of H-pyrrole nitrogens is 1. The Morgan fingerprint density at radius 3 is 2.53 bits per heavy atom. The predicted molar refractivity (Wildman–Crippen MR) is 113 cm³/mol. The number of carboxylic acid groups (broad SMARTS) is 2. The maximum Gasteiger partial charge on any atom is 0.320 e. The van der Waals surface area contributed by atoms with E-state index in [1.807, 2.05) is 30.5 Å². The minimum atomic E-state index is -1.20. The molecule has 10 heteroatoms. The smallest absolute Gasteiger partial charge is 0.320 e. The summed E-state index contributed by atoms with van der Waals surface area (Å²) in [6, 6.07) is 5.80. The number of thioether (sulfide) groups is 1. The van der Waals surface area contributed by atoms with Crippen molar-refractivity contribution in [1.82, 2.24) is 10.3 Å². The van der Waals surface area contributed by atoms with Crippen LogP contribution in [0.25, 0.3) is 10.9 Å². The molecule has 0 aliphatic carbocycles. The lowest BCUT2D eigenvalue weighted by Gasteiger charge is -2.17. The normalized spacial score (nSPS) is 13.0. The van der Waals surface area contributed by atoms with Crippen molar-refractivity contribution >= 4 is 46.3 Å². The summed E-state index contributed by atoms with van der Waals surface area (Å²) >= 11 is 1.45. The van der Waals surface area contributed by atoms with Gasteiger partial charge in [0.25, 0.3) is 0 Å². The van der Waals surface area contributed by atoms with Crippen LogP contribution in [0.5, 0.6) is 0 Å². The van der Waals surface area contributed by atoms with Gasteiger partial charge in [-0.2, -0.15) is 11.8 Å². The van der Waals surface area contributed by atoms with Gasteiger partial charge in [0.15, 0.2) is 5.78 Å². The van der Waals surface area contributed by atoms with Crippen LogP contribution in [0.15, 0.2) is 30.5 Å². The number of nitrogens with two attached hydrogens (primary N) is 1. The molecule has 2 rings (SSSR count). The van der Waals surface area contributed by atoms with Gasteiger partial charge in [0, 0.05) is 41.4 Å². The van der Waals surface area contributed by atoms with Gasteiger partial charge in [-0.15, -0.1) is 0 Å². The molecule has 0 spiro atoms. The van der Waals surface area contributed by atoms with Gasteiger partial charge < -0.3 is 26.2 Å². The van der Waals surface area contributed by atoms with Crippen LogP contribution in [0, 0.1) is 0 Å². The maximum atomic E-state index is 12.4. The summed E-state index contributed by atoms with van der Waals surface area (Å²) in [6.07, 6.45) is 1.19. The van der Waals surface area contributed by atoms with Gasteiger partial charge in [-0.25, -0.2) is 0 Å². The molecule has 1 heterocycles. The summed E-state index contributed by atoms with van der Waals surface area (Å²) < 4.78 is 0. The number of benzene rings is 1. The fraction of sp³-hybridized carbons (Fsp3) is 0.400. The molecule has 9 nitrogen and oxygen atoms in total. The minimum Gasteiger partial charge on any atom is -0.481 e. The van der Waals surface area contributed by atoms with E-state index in [0.29, 0.717) is 5.75 Å². The highest BCUT2D eigenvalue weighted by Gasteiger charge is 2.22. The van der Waals surface area contributed by atoms with Crippen LogP contribution in [-0.2, 0) is 24.9 Å². The highest BCUT2D eigenvalue weighted by molar-refractivity contribution is 7.98. The number of Topliss-reactive ketones (excluding diaryl/α,β-unsaturated/α-hetero) is 1. The Balaban J connectivity index is 1.94. The van der Waals surface area contributed by atoms with Gasteiger partial charge in [-0.05, 0) is 18.1 Å². The molecular formula is C20H25N3O6S. The minimum absolute atomic E-state index is 0.0559. The number of nitrogens with one attached hydrogen (secondary N) is 2. The number of fused-ring (bicyclic) bond motifs is 1. The van der Waals surface area contributed by atoms with Crippen LogP contribution in [0.3, 0.4) is 0 Å². The van der Waals surface area contributed by atoms with E-state index in [1.165, 1.54) is 11.8 Å². The third-order valence-corrected chi connectivity index (χ3v) is 5.61. The molecule has 0 saturated heterocycles. The van der Waals surface area contributed by atoms with Crippen molar-refractivity contribution in [3.63, 3.8) is 0 Å². The van der Waals surface area contributed by atoms with Crippen LogP contribution >= 0.6 is 11.8 Å². The van der Waals surface area contributed by atoms with Gasteiger partial charge in [0.05, 0.1) is 12.5 Å². The molecule has 30 heavy (non-hydrogen) atoms. The summed E-state index contributed by atoms with van der Waals surface area (Å²) in [5, 5.41) is 21.3. The number of aliphatic carboxylic acids is 2. The van der Waals surface area contributed by atoms with Crippen molar-refractivity contribution in [1.29, 1.82) is 0 Å². The van der Waals surface area contributed by atoms with Crippen LogP contribution in [0.1, 0.15) is 31.2 Å². The number of aromatic amines is 1. The number of para-hydroxylation sites is 1. The standard InChI is InChI=1S/C20H25N3O6S/c21-14(20(28)29)5-7-18(25)23-16(17(24)6-8-19(26)27)11-30-10-12-9-22-15-4-2-1-3-13(12)15/h1-4,9,14,16,22H,5-8,10-11,21H2,(H,23,25)(H,26,27)(H,28,29)/t14-,16-/m0/s1. The second-order valence-corrected chi connectivity index (χ2v) is 7.87. The molecule has 2 aromatic rings. The Hall–Kier alpha value is -2.85. The number of carboxylic acids is 2. The Kier molecular flexibility index (Phi) is 8.88. The molecule has 0 fully saturated rings. The number of hydrogen-bond acceptors (Lipinski definition) is 6. The Morgan fingerprint density at radius 1 is 1.10 bits per heavy atom. The molecule has 2 atom stereocenters. The molecule has 1 amide bonds. The quantitative estimate of drug-likeness (QED) is 0.316. The molecule has 0 unspecified atom stereocenters. The third-order valence-electron chi connectivity index (χ3n) is 4.53. The Labute approximate surface area is 177 Å². The summed E-state index contributed by atoms with van der Waals surface area (Å²) in [6.45, 7) is 0. The molecule has 0 saturated carbocycles. The van der Waals surface area contributed by atoms with E-state index in [9.17, 15) is 19.2 Å². The second kappa shape index (κ2) is 11.4. The number of hydrogen-bond donors (Lipinski definition) is 5. The van der Waals surface area contributed by atoms with E-state index in [4.69, 9.17) is 15.9 Å². The SMILES string of the molecule is N[C@@H](CCC(=O)N[C@@H](CSCc1c[nH]c2ccccc12)C(=O)CCC(=O)O)C(=O)O. The van der Waals surface area contributed by atoms with E-state index >= 15 is 0 Å². The number of carbonyl (C=O) groups excluding carboxylic acids is 2. The lowest BCUT2D eigenvalue weighted by molar-refractivity contribution is -0.139. The second-order valence-electron chi connectivity index (χ2n) is 6.84. The lowest BCUT2D eigenvalue weighted by Crippen LogP contribution is -2.43.